The lowest BCUT2D eigenvalue weighted by molar-refractivity contribution is 0.252. The summed E-state index contributed by atoms with van der Waals surface area (Å²) in [5, 5.41) is 3.37. The van der Waals surface area contributed by atoms with Crippen molar-refractivity contribution in [2.75, 3.05) is 25.5 Å². The van der Waals surface area contributed by atoms with Crippen LogP contribution in [-0.2, 0) is 0 Å². The van der Waals surface area contributed by atoms with Gasteiger partial charge in [-0.25, -0.2) is 4.39 Å². The van der Waals surface area contributed by atoms with Gasteiger partial charge in [0.25, 0.3) is 0 Å². The first-order chi connectivity index (χ1) is 10.1. The first-order valence-electron chi connectivity index (χ1n) is 7.64. The second-order valence-corrected chi connectivity index (χ2v) is 6.41. The lowest BCUT2D eigenvalue weighted by atomic mass is 9.96. The summed E-state index contributed by atoms with van der Waals surface area (Å²) in [4.78, 5) is 2.51. The van der Waals surface area contributed by atoms with Crippen molar-refractivity contribution in [1.82, 2.24) is 4.90 Å². The van der Waals surface area contributed by atoms with E-state index in [4.69, 9.17) is 10.5 Å². The number of likely N-dealkylation sites (tertiary alicyclic amines) is 1. The van der Waals surface area contributed by atoms with Crippen molar-refractivity contribution in [1.29, 1.82) is 0 Å². The van der Waals surface area contributed by atoms with Crippen LogP contribution in [0.25, 0.3) is 0 Å². The van der Waals surface area contributed by atoms with Gasteiger partial charge < -0.3 is 15.8 Å². The molecule has 1 aromatic carbocycles. The predicted octanol–water partition coefficient (Wildman–Crippen LogP) is 2.20. The molecule has 5 heteroatoms. The molecule has 3 rings (SSSR count). The average molecular weight is 293 g/mol. The molecule has 1 aromatic rings. The highest BCUT2D eigenvalue weighted by Gasteiger charge is 2.46. The maximum atomic E-state index is 14.1. The third-order valence-corrected chi connectivity index (χ3v) is 4.72. The summed E-state index contributed by atoms with van der Waals surface area (Å²) in [5.74, 6) is 0.386. The standard InChI is InChI=1S/C16H24FN3O/c1-11-8-16(9-18,10-20(11)12-3-4-12)19-15-7-13(21-2)5-6-14(15)17/h5-7,11-12,19H,3-4,8-10,18H2,1-2H3. The Kier molecular flexibility index (Phi) is 3.80. The number of benzene rings is 1. The summed E-state index contributed by atoms with van der Waals surface area (Å²) < 4.78 is 19.2. The number of rotatable bonds is 5. The maximum absolute atomic E-state index is 14.1. The molecule has 2 atom stereocenters. The number of nitrogens with zero attached hydrogens (tertiary/aromatic N) is 1. The van der Waals surface area contributed by atoms with Gasteiger partial charge in [-0.15, -0.1) is 0 Å². The van der Waals surface area contributed by atoms with E-state index in [1.807, 2.05) is 0 Å². The highest BCUT2D eigenvalue weighted by atomic mass is 19.1. The number of nitrogens with two attached hydrogens (primary N) is 1. The minimum Gasteiger partial charge on any atom is -0.497 e. The molecule has 2 aliphatic rings. The van der Waals surface area contributed by atoms with Gasteiger partial charge in [0, 0.05) is 31.2 Å². The monoisotopic (exact) mass is 293 g/mol. The molecule has 0 amide bonds. The quantitative estimate of drug-likeness (QED) is 0.874. The van der Waals surface area contributed by atoms with Gasteiger partial charge in [0.15, 0.2) is 0 Å². The fourth-order valence-electron chi connectivity index (χ4n) is 3.45. The molecule has 0 spiro atoms. The Bertz CT molecular complexity index is 520. The van der Waals surface area contributed by atoms with Gasteiger partial charge in [0.05, 0.1) is 18.3 Å². The zero-order valence-electron chi connectivity index (χ0n) is 12.7. The summed E-state index contributed by atoms with van der Waals surface area (Å²) >= 11 is 0. The number of methoxy groups -OCH3 is 1. The van der Waals surface area contributed by atoms with E-state index in [0.29, 0.717) is 30.1 Å². The van der Waals surface area contributed by atoms with Crippen LogP contribution in [0.3, 0.4) is 0 Å². The molecule has 116 valence electrons. The molecule has 1 saturated heterocycles. The fraction of sp³-hybridized carbons (Fsp3) is 0.625. The highest BCUT2D eigenvalue weighted by Crippen LogP contribution is 2.38. The minimum atomic E-state index is -0.263. The fourth-order valence-corrected chi connectivity index (χ4v) is 3.45. The Hall–Kier alpha value is -1.33. The second-order valence-electron chi connectivity index (χ2n) is 6.41. The van der Waals surface area contributed by atoms with Gasteiger partial charge in [-0.1, -0.05) is 0 Å². The van der Waals surface area contributed by atoms with Crippen molar-refractivity contribution in [3.05, 3.63) is 24.0 Å². The van der Waals surface area contributed by atoms with Gasteiger partial charge >= 0.3 is 0 Å². The van der Waals surface area contributed by atoms with Crippen molar-refractivity contribution >= 4 is 5.69 Å². The van der Waals surface area contributed by atoms with Crippen molar-refractivity contribution in [2.24, 2.45) is 5.73 Å². The van der Waals surface area contributed by atoms with Crippen molar-refractivity contribution in [3.63, 3.8) is 0 Å². The van der Waals surface area contributed by atoms with Gasteiger partial charge in [-0.3, -0.25) is 4.90 Å². The normalized spacial score (nSPS) is 29.6. The molecule has 1 heterocycles. The van der Waals surface area contributed by atoms with Crippen molar-refractivity contribution in [2.45, 2.75) is 43.8 Å². The van der Waals surface area contributed by atoms with Gasteiger partial charge in [0.2, 0.25) is 0 Å². The predicted molar refractivity (Wildman–Crippen MR) is 82.2 cm³/mol. The lowest BCUT2D eigenvalue weighted by Crippen LogP contribution is -2.48. The van der Waals surface area contributed by atoms with Crippen molar-refractivity contribution < 1.29 is 9.13 Å². The molecule has 0 radical (unpaired) electrons. The molecule has 21 heavy (non-hydrogen) atoms. The topological polar surface area (TPSA) is 50.5 Å². The van der Waals surface area contributed by atoms with Crippen LogP contribution >= 0.6 is 0 Å². The summed E-state index contributed by atoms with van der Waals surface area (Å²) in [6.45, 7) is 3.61. The lowest BCUT2D eigenvalue weighted by Gasteiger charge is -2.31. The molecule has 0 aromatic heterocycles. The molecule has 4 nitrogen and oxygen atoms in total. The number of halogens is 1. The molecular formula is C16H24FN3O. The highest BCUT2D eigenvalue weighted by molar-refractivity contribution is 5.52. The average Bonchev–Trinajstić information content (AvgIpc) is 3.26. The van der Waals surface area contributed by atoms with E-state index in [1.165, 1.54) is 18.9 Å². The summed E-state index contributed by atoms with van der Waals surface area (Å²) in [6, 6.07) is 5.95. The molecule has 1 aliphatic heterocycles. The van der Waals surface area contributed by atoms with E-state index < -0.39 is 0 Å². The van der Waals surface area contributed by atoms with Crippen LogP contribution in [0.5, 0.6) is 5.75 Å². The van der Waals surface area contributed by atoms with E-state index >= 15 is 0 Å². The number of hydrogen-bond donors (Lipinski definition) is 2. The van der Waals surface area contributed by atoms with Crippen molar-refractivity contribution in [3.8, 4) is 5.75 Å². The molecule has 2 unspecified atom stereocenters. The summed E-state index contributed by atoms with van der Waals surface area (Å²) in [7, 11) is 1.59. The van der Waals surface area contributed by atoms with Crippen LogP contribution in [0, 0.1) is 5.82 Å². The Morgan fingerprint density at radius 2 is 2.24 bits per heavy atom. The minimum absolute atomic E-state index is 0.255. The van der Waals surface area contributed by atoms with Crippen LogP contribution in [-0.4, -0.2) is 42.7 Å². The zero-order chi connectivity index (χ0) is 15.0. The Labute approximate surface area is 125 Å². The molecular weight excluding hydrogens is 269 g/mol. The SMILES string of the molecule is COc1ccc(F)c(NC2(CN)CC(C)N(C3CC3)C2)c1. The summed E-state index contributed by atoms with van der Waals surface area (Å²) in [5.41, 5.74) is 6.26. The molecule has 1 saturated carbocycles. The molecule has 3 N–H and O–H groups in total. The van der Waals surface area contributed by atoms with Crippen LogP contribution in [0.1, 0.15) is 26.2 Å². The van der Waals surface area contributed by atoms with Crippen LogP contribution in [0.2, 0.25) is 0 Å². The number of ether oxygens (including phenoxy) is 1. The second kappa shape index (κ2) is 5.46. The zero-order valence-corrected chi connectivity index (χ0v) is 12.7. The largest absolute Gasteiger partial charge is 0.497 e. The first-order valence-corrected chi connectivity index (χ1v) is 7.64. The van der Waals surface area contributed by atoms with Gasteiger partial charge in [-0.05, 0) is 38.3 Å². The Morgan fingerprint density at radius 1 is 1.48 bits per heavy atom. The van der Waals surface area contributed by atoms with E-state index in [-0.39, 0.29) is 11.4 Å². The third-order valence-electron chi connectivity index (χ3n) is 4.72. The van der Waals surface area contributed by atoms with Gasteiger partial charge in [0.1, 0.15) is 11.6 Å². The Morgan fingerprint density at radius 3 is 2.86 bits per heavy atom. The van der Waals surface area contributed by atoms with Gasteiger partial charge in [-0.2, -0.15) is 0 Å². The molecule has 1 aliphatic carbocycles. The number of anilines is 1. The van der Waals surface area contributed by atoms with Crippen LogP contribution in [0.4, 0.5) is 10.1 Å². The summed E-state index contributed by atoms with van der Waals surface area (Å²) in [6.07, 6.45) is 3.49. The smallest absolute Gasteiger partial charge is 0.146 e. The van der Waals surface area contributed by atoms with E-state index in [1.54, 1.807) is 19.2 Å². The third kappa shape index (κ3) is 2.85. The maximum Gasteiger partial charge on any atom is 0.146 e. The number of nitrogens with one attached hydrogen (secondary N) is 1. The number of hydrogen-bond acceptors (Lipinski definition) is 4. The van der Waals surface area contributed by atoms with E-state index in [0.717, 1.165) is 13.0 Å². The molecule has 2 fully saturated rings. The Balaban J connectivity index is 1.81. The van der Waals surface area contributed by atoms with Crippen LogP contribution < -0.4 is 15.8 Å². The van der Waals surface area contributed by atoms with Crippen LogP contribution in [0.15, 0.2) is 18.2 Å². The van der Waals surface area contributed by atoms with E-state index in [2.05, 4.69) is 17.1 Å². The molecule has 0 bridgehead atoms. The first kappa shape index (κ1) is 14.6. The van der Waals surface area contributed by atoms with E-state index in [9.17, 15) is 4.39 Å².